The van der Waals surface area contributed by atoms with Crippen molar-refractivity contribution in [2.75, 3.05) is 0 Å². The average molecular weight is 352 g/mol. The number of rotatable bonds is 7. The largest absolute Gasteiger partial charge is 0.435 e. The molecule has 3 rings (SSSR count). The fraction of sp³-hybridized carbons (Fsp3) is 0.217. The first-order valence-electron chi connectivity index (χ1n) is 8.86. The molecule has 0 saturated carbocycles. The third-order valence-electron chi connectivity index (χ3n) is 4.50. The maximum absolute atomic E-state index is 12.2. The summed E-state index contributed by atoms with van der Waals surface area (Å²) in [7, 11) is 0. The predicted octanol–water partition coefficient (Wildman–Crippen LogP) is 6.30. The molecule has 134 valence electrons. The second-order valence-electron chi connectivity index (χ2n) is 6.27. The summed E-state index contributed by atoms with van der Waals surface area (Å²) in [4.78, 5) is 0. The van der Waals surface area contributed by atoms with Crippen LogP contribution in [-0.2, 0) is 19.3 Å². The first-order valence-corrected chi connectivity index (χ1v) is 8.86. The lowest BCUT2D eigenvalue weighted by Crippen LogP contribution is -2.01. The van der Waals surface area contributed by atoms with E-state index in [4.69, 9.17) is 0 Å². The Hall–Kier alpha value is -2.68. The summed E-state index contributed by atoms with van der Waals surface area (Å²) in [5.41, 5.74) is 6.14. The quantitative estimate of drug-likeness (QED) is 0.485. The van der Waals surface area contributed by atoms with Crippen molar-refractivity contribution in [3.05, 3.63) is 89.5 Å². The normalized spacial score (nSPS) is 10.9. The van der Waals surface area contributed by atoms with E-state index in [1.165, 1.54) is 22.3 Å². The number of hydrogen-bond acceptors (Lipinski definition) is 1. The molecule has 0 fully saturated rings. The fourth-order valence-electron chi connectivity index (χ4n) is 2.92. The maximum Gasteiger partial charge on any atom is 0.387 e. The third kappa shape index (κ3) is 4.92. The molecule has 3 heteroatoms. The van der Waals surface area contributed by atoms with Crippen LogP contribution in [0.3, 0.4) is 0 Å². The van der Waals surface area contributed by atoms with Crippen LogP contribution in [0.2, 0.25) is 0 Å². The second kappa shape index (κ2) is 8.61. The van der Waals surface area contributed by atoms with Gasteiger partial charge in [0, 0.05) is 0 Å². The van der Waals surface area contributed by atoms with E-state index in [1.807, 2.05) is 12.1 Å². The number of hydrogen-bond donors (Lipinski definition) is 0. The summed E-state index contributed by atoms with van der Waals surface area (Å²) in [6.07, 6.45) is 2.82. The van der Waals surface area contributed by atoms with Crippen LogP contribution >= 0.6 is 0 Å². The van der Waals surface area contributed by atoms with Crippen molar-refractivity contribution in [2.45, 2.75) is 32.8 Å². The molecule has 0 aliphatic heterocycles. The van der Waals surface area contributed by atoms with Crippen LogP contribution in [0.1, 0.15) is 23.6 Å². The van der Waals surface area contributed by atoms with E-state index >= 15 is 0 Å². The lowest BCUT2D eigenvalue weighted by Gasteiger charge is -2.07. The Balaban J connectivity index is 1.58. The molecule has 0 radical (unpaired) electrons. The van der Waals surface area contributed by atoms with Gasteiger partial charge in [-0.1, -0.05) is 67.6 Å². The Kier molecular flexibility index (Phi) is 6.00. The van der Waals surface area contributed by atoms with Crippen LogP contribution in [0.5, 0.6) is 5.75 Å². The molecule has 0 spiro atoms. The zero-order valence-electron chi connectivity index (χ0n) is 14.8. The smallest absolute Gasteiger partial charge is 0.387 e. The molecule has 0 bridgehead atoms. The van der Waals surface area contributed by atoms with Crippen LogP contribution in [0.25, 0.3) is 11.1 Å². The Morgan fingerprint density at radius 1 is 0.654 bits per heavy atom. The summed E-state index contributed by atoms with van der Waals surface area (Å²) in [6, 6.07) is 24.1. The van der Waals surface area contributed by atoms with Gasteiger partial charge in [0.1, 0.15) is 5.75 Å². The summed E-state index contributed by atoms with van der Waals surface area (Å²) in [6.45, 7) is -0.624. The van der Waals surface area contributed by atoms with Crippen molar-refractivity contribution < 1.29 is 13.5 Å². The highest BCUT2D eigenvalue weighted by Crippen LogP contribution is 2.21. The van der Waals surface area contributed by atoms with Crippen LogP contribution < -0.4 is 4.74 Å². The molecular weight excluding hydrogens is 330 g/mol. The molecule has 0 N–H and O–H groups in total. The predicted molar refractivity (Wildman–Crippen MR) is 102 cm³/mol. The van der Waals surface area contributed by atoms with Gasteiger partial charge in [0.05, 0.1) is 0 Å². The molecule has 0 aromatic heterocycles. The topological polar surface area (TPSA) is 9.23 Å². The van der Waals surface area contributed by atoms with Crippen molar-refractivity contribution in [1.29, 1.82) is 0 Å². The molecule has 0 aliphatic carbocycles. The lowest BCUT2D eigenvalue weighted by atomic mass is 9.99. The van der Waals surface area contributed by atoms with Gasteiger partial charge >= 0.3 is 6.61 Å². The Morgan fingerprint density at radius 2 is 1.08 bits per heavy atom. The summed E-state index contributed by atoms with van der Waals surface area (Å²) >= 11 is 0. The van der Waals surface area contributed by atoms with Crippen LogP contribution in [0.15, 0.2) is 72.8 Å². The van der Waals surface area contributed by atoms with Crippen LogP contribution in [0, 0.1) is 0 Å². The first kappa shape index (κ1) is 18.1. The molecule has 0 aliphatic rings. The minimum absolute atomic E-state index is 0.196. The van der Waals surface area contributed by atoms with E-state index in [0.29, 0.717) is 0 Å². The van der Waals surface area contributed by atoms with Gasteiger partial charge in [0.2, 0.25) is 0 Å². The third-order valence-corrected chi connectivity index (χ3v) is 4.50. The highest BCUT2D eigenvalue weighted by atomic mass is 19.3. The van der Waals surface area contributed by atoms with Crippen LogP contribution in [-0.4, -0.2) is 6.61 Å². The van der Waals surface area contributed by atoms with Crippen molar-refractivity contribution in [1.82, 2.24) is 0 Å². The number of alkyl halides is 2. The van der Waals surface area contributed by atoms with Gasteiger partial charge in [-0.15, -0.1) is 0 Å². The number of halogens is 2. The van der Waals surface area contributed by atoms with Crippen LogP contribution in [0.4, 0.5) is 8.78 Å². The standard InChI is InChI=1S/C23H22F2O/c1-2-17-5-11-20(12-6-17)21-13-7-18(8-14-21)3-4-19-9-15-22(16-10-19)26-23(24)25/h5-16,23H,2-4H2,1H3. The molecule has 1 nitrogen and oxygen atoms in total. The molecular formula is C23H22F2O. The van der Waals surface area contributed by atoms with Crippen molar-refractivity contribution in [2.24, 2.45) is 0 Å². The SMILES string of the molecule is CCc1ccc(-c2ccc(CCc3ccc(OC(F)F)cc3)cc2)cc1. The van der Waals surface area contributed by atoms with Gasteiger partial charge in [-0.25, -0.2) is 0 Å². The first-order chi connectivity index (χ1) is 12.6. The van der Waals surface area contributed by atoms with E-state index in [9.17, 15) is 8.78 Å². The molecule has 3 aromatic carbocycles. The molecule has 0 atom stereocenters. The van der Waals surface area contributed by atoms with Gasteiger partial charge in [-0.2, -0.15) is 8.78 Å². The Morgan fingerprint density at radius 3 is 1.50 bits per heavy atom. The Bertz CT molecular complexity index is 806. The minimum Gasteiger partial charge on any atom is -0.435 e. The van der Waals surface area contributed by atoms with Crippen molar-refractivity contribution in [3.8, 4) is 16.9 Å². The van der Waals surface area contributed by atoms with Gasteiger partial charge in [0.15, 0.2) is 0 Å². The number of ether oxygens (including phenoxy) is 1. The van der Waals surface area contributed by atoms with Gasteiger partial charge in [-0.05, 0) is 59.2 Å². The zero-order valence-corrected chi connectivity index (χ0v) is 14.8. The molecule has 0 amide bonds. The lowest BCUT2D eigenvalue weighted by molar-refractivity contribution is -0.0498. The highest BCUT2D eigenvalue weighted by Gasteiger charge is 2.04. The number of aryl methyl sites for hydroxylation is 3. The molecule has 0 saturated heterocycles. The van der Waals surface area contributed by atoms with Crippen molar-refractivity contribution in [3.63, 3.8) is 0 Å². The van der Waals surface area contributed by atoms with Gasteiger partial charge < -0.3 is 4.74 Å². The summed E-state index contributed by atoms with van der Waals surface area (Å²) in [5, 5.41) is 0. The molecule has 3 aromatic rings. The van der Waals surface area contributed by atoms with E-state index in [0.717, 1.165) is 24.8 Å². The minimum atomic E-state index is -2.78. The average Bonchev–Trinajstić information content (AvgIpc) is 2.67. The fourth-order valence-corrected chi connectivity index (χ4v) is 2.92. The highest BCUT2D eigenvalue weighted by molar-refractivity contribution is 5.64. The van der Waals surface area contributed by atoms with E-state index in [1.54, 1.807) is 12.1 Å². The Labute approximate surface area is 153 Å². The summed E-state index contributed by atoms with van der Waals surface area (Å²) < 4.78 is 28.7. The van der Waals surface area contributed by atoms with E-state index < -0.39 is 6.61 Å². The molecule has 0 unspecified atom stereocenters. The van der Waals surface area contributed by atoms with Crippen molar-refractivity contribution >= 4 is 0 Å². The molecule has 26 heavy (non-hydrogen) atoms. The van der Waals surface area contributed by atoms with E-state index in [-0.39, 0.29) is 5.75 Å². The zero-order chi connectivity index (χ0) is 18.4. The number of benzene rings is 3. The molecule has 0 heterocycles. The van der Waals surface area contributed by atoms with Gasteiger partial charge in [-0.3, -0.25) is 0 Å². The van der Waals surface area contributed by atoms with E-state index in [2.05, 4.69) is 60.2 Å². The maximum atomic E-state index is 12.2. The monoisotopic (exact) mass is 352 g/mol. The van der Waals surface area contributed by atoms with Gasteiger partial charge in [0.25, 0.3) is 0 Å². The second-order valence-corrected chi connectivity index (χ2v) is 6.27. The summed E-state index contributed by atoms with van der Waals surface area (Å²) in [5.74, 6) is 0.196.